The molecule has 2 atom stereocenters. The molecule has 0 heterocycles. The maximum Gasteiger partial charge on any atom is 0.341 e. The van der Waals surface area contributed by atoms with Crippen molar-refractivity contribution >= 4 is 21.9 Å². The van der Waals surface area contributed by atoms with Crippen LogP contribution >= 0.6 is 15.9 Å². The maximum atomic E-state index is 10.3. The molecule has 1 aromatic carbocycles. The first-order valence-corrected chi connectivity index (χ1v) is 6.53. The van der Waals surface area contributed by atoms with E-state index in [9.17, 15) is 15.0 Å². The van der Waals surface area contributed by atoms with Crippen LogP contribution in [0.1, 0.15) is 18.1 Å². The molecule has 0 saturated carbocycles. The Morgan fingerprint density at radius 3 is 2.39 bits per heavy atom. The molecule has 1 aromatic rings. The van der Waals surface area contributed by atoms with E-state index in [1.165, 1.54) is 0 Å². The number of hydrogen-bond donors (Lipinski definition) is 3. The van der Waals surface area contributed by atoms with Crippen molar-refractivity contribution in [2.24, 2.45) is 0 Å². The third-order valence-corrected chi connectivity index (χ3v) is 2.81. The van der Waals surface area contributed by atoms with Crippen molar-refractivity contribution in [1.29, 1.82) is 0 Å². The molecule has 0 aliphatic rings. The lowest BCUT2D eigenvalue weighted by Crippen LogP contribution is -2.18. The Balaban J connectivity index is 2.61. The number of hydrogen-bond acceptors (Lipinski definition) is 4. The van der Waals surface area contributed by atoms with Crippen molar-refractivity contribution in [2.75, 3.05) is 11.9 Å². The van der Waals surface area contributed by atoms with E-state index in [-0.39, 0.29) is 0 Å². The molecule has 1 rings (SSSR count). The number of carboxylic acids is 1. The summed E-state index contributed by atoms with van der Waals surface area (Å²) >= 11 is 3.19. The Hall–Kier alpha value is -1.11. The highest BCUT2D eigenvalue weighted by molar-refractivity contribution is 9.09. The van der Waals surface area contributed by atoms with Crippen molar-refractivity contribution < 1.29 is 24.9 Å². The van der Waals surface area contributed by atoms with Crippen LogP contribution in [0.4, 0.5) is 0 Å². The molecule has 100 valence electrons. The monoisotopic (exact) mass is 318 g/mol. The summed E-state index contributed by atoms with van der Waals surface area (Å²) in [7, 11) is 0. The van der Waals surface area contributed by atoms with Gasteiger partial charge < -0.3 is 20.1 Å². The number of halogens is 1. The number of benzene rings is 1. The third kappa shape index (κ3) is 4.64. The molecule has 0 spiro atoms. The number of aliphatic carboxylic acids is 1. The second-order valence-electron chi connectivity index (χ2n) is 3.74. The van der Waals surface area contributed by atoms with E-state index in [1.807, 2.05) is 0 Å². The second kappa shape index (κ2) is 7.35. The number of carbonyl (C=O) groups is 1. The Morgan fingerprint density at radius 2 is 1.89 bits per heavy atom. The Kier molecular flexibility index (Phi) is 6.11. The average molecular weight is 319 g/mol. The standard InChI is InChI=1S/C12H15BrO5/c13-6-5-10(14)12(17)8-1-3-9(4-2-8)18-7-11(15)16/h1-4,10,12,14,17H,5-7H2,(H,15,16). The van der Waals surface area contributed by atoms with Crippen molar-refractivity contribution in [2.45, 2.75) is 18.6 Å². The minimum absolute atomic E-state index is 0.406. The lowest BCUT2D eigenvalue weighted by molar-refractivity contribution is -0.139. The fraction of sp³-hybridized carbons (Fsp3) is 0.417. The van der Waals surface area contributed by atoms with Crippen LogP contribution < -0.4 is 4.74 Å². The summed E-state index contributed by atoms with van der Waals surface area (Å²) in [6.45, 7) is -0.409. The normalized spacial score (nSPS) is 13.9. The lowest BCUT2D eigenvalue weighted by atomic mass is 10.0. The third-order valence-electron chi connectivity index (χ3n) is 2.35. The number of alkyl halides is 1. The van der Waals surface area contributed by atoms with Crippen LogP contribution in [0, 0.1) is 0 Å². The predicted molar refractivity (Wildman–Crippen MR) is 69.0 cm³/mol. The fourth-order valence-corrected chi connectivity index (χ4v) is 1.87. The number of aliphatic hydroxyl groups is 2. The summed E-state index contributed by atoms with van der Waals surface area (Å²) in [5.74, 6) is -0.643. The molecule has 0 aliphatic carbocycles. The highest BCUT2D eigenvalue weighted by Gasteiger charge is 2.17. The van der Waals surface area contributed by atoms with Crippen LogP contribution in [-0.4, -0.2) is 39.3 Å². The molecule has 0 aliphatic heterocycles. The Labute approximate surface area is 113 Å². The van der Waals surface area contributed by atoms with Crippen molar-refractivity contribution in [3.8, 4) is 5.75 Å². The lowest BCUT2D eigenvalue weighted by Gasteiger charge is -2.17. The van der Waals surface area contributed by atoms with E-state index in [2.05, 4.69) is 15.9 Å². The first-order chi connectivity index (χ1) is 8.54. The van der Waals surface area contributed by atoms with Gasteiger partial charge in [0.15, 0.2) is 6.61 Å². The molecule has 6 heteroatoms. The van der Waals surface area contributed by atoms with E-state index in [0.29, 0.717) is 23.1 Å². The van der Waals surface area contributed by atoms with Gasteiger partial charge in [0.05, 0.1) is 6.10 Å². The smallest absolute Gasteiger partial charge is 0.341 e. The van der Waals surface area contributed by atoms with E-state index >= 15 is 0 Å². The Bertz CT molecular complexity index is 379. The van der Waals surface area contributed by atoms with E-state index in [1.54, 1.807) is 24.3 Å². The first kappa shape index (κ1) is 14.9. The van der Waals surface area contributed by atoms with Gasteiger partial charge in [-0.05, 0) is 24.1 Å². The molecular weight excluding hydrogens is 304 g/mol. The molecular formula is C12H15BrO5. The molecule has 0 saturated heterocycles. The van der Waals surface area contributed by atoms with Crippen molar-refractivity contribution in [3.05, 3.63) is 29.8 Å². The summed E-state index contributed by atoms with van der Waals surface area (Å²) in [5.41, 5.74) is 0.561. The Morgan fingerprint density at radius 1 is 1.28 bits per heavy atom. The summed E-state index contributed by atoms with van der Waals surface area (Å²) < 4.78 is 4.96. The van der Waals surface area contributed by atoms with Gasteiger partial charge in [0, 0.05) is 5.33 Å². The molecule has 0 radical (unpaired) electrons. The van der Waals surface area contributed by atoms with Gasteiger partial charge >= 0.3 is 5.97 Å². The molecule has 0 fully saturated rings. The van der Waals surface area contributed by atoms with Gasteiger partial charge in [-0.25, -0.2) is 4.79 Å². The van der Waals surface area contributed by atoms with Crippen LogP contribution in [0.3, 0.4) is 0 Å². The van der Waals surface area contributed by atoms with Crippen LogP contribution in [-0.2, 0) is 4.79 Å². The zero-order valence-corrected chi connectivity index (χ0v) is 11.2. The number of carboxylic acid groups (broad SMARTS) is 1. The van der Waals surface area contributed by atoms with Gasteiger partial charge in [-0.1, -0.05) is 28.1 Å². The van der Waals surface area contributed by atoms with Crippen LogP contribution in [0.15, 0.2) is 24.3 Å². The molecule has 0 bridgehead atoms. The molecule has 2 unspecified atom stereocenters. The van der Waals surface area contributed by atoms with Crippen LogP contribution in [0.2, 0.25) is 0 Å². The minimum atomic E-state index is -1.05. The van der Waals surface area contributed by atoms with Crippen molar-refractivity contribution in [1.82, 2.24) is 0 Å². The SMILES string of the molecule is O=C(O)COc1ccc(C(O)C(O)CCBr)cc1. The average Bonchev–Trinajstić information content (AvgIpc) is 2.36. The van der Waals surface area contributed by atoms with Gasteiger partial charge in [-0.15, -0.1) is 0 Å². The van der Waals surface area contributed by atoms with Gasteiger partial charge in [0.25, 0.3) is 0 Å². The number of rotatable bonds is 7. The molecule has 5 nitrogen and oxygen atoms in total. The largest absolute Gasteiger partial charge is 0.482 e. The van der Waals surface area contributed by atoms with Gasteiger partial charge in [0.2, 0.25) is 0 Å². The van der Waals surface area contributed by atoms with E-state index in [4.69, 9.17) is 9.84 Å². The van der Waals surface area contributed by atoms with E-state index in [0.717, 1.165) is 0 Å². The second-order valence-corrected chi connectivity index (χ2v) is 4.53. The zero-order valence-electron chi connectivity index (χ0n) is 9.62. The summed E-state index contributed by atoms with van der Waals surface area (Å²) in [5, 5.41) is 28.5. The quantitative estimate of drug-likeness (QED) is 0.660. The topological polar surface area (TPSA) is 87.0 Å². The van der Waals surface area contributed by atoms with Crippen molar-refractivity contribution in [3.63, 3.8) is 0 Å². The maximum absolute atomic E-state index is 10.3. The van der Waals surface area contributed by atoms with E-state index < -0.39 is 24.8 Å². The summed E-state index contributed by atoms with van der Waals surface area (Å²) in [6, 6.07) is 6.31. The van der Waals surface area contributed by atoms with Crippen LogP contribution in [0.5, 0.6) is 5.75 Å². The molecule has 18 heavy (non-hydrogen) atoms. The zero-order chi connectivity index (χ0) is 13.5. The fourth-order valence-electron chi connectivity index (χ4n) is 1.40. The highest BCUT2D eigenvalue weighted by atomic mass is 79.9. The number of ether oxygens (including phenoxy) is 1. The molecule has 0 amide bonds. The summed E-state index contributed by atoms with van der Waals surface area (Å²) in [6.07, 6.45) is -1.36. The first-order valence-electron chi connectivity index (χ1n) is 5.41. The van der Waals surface area contributed by atoms with Gasteiger partial charge in [-0.3, -0.25) is 0 Å². The highest BCUT2D eigenvalue weighted by Crippen LogP contribution is 2.22. The summed E-state index contributed by atoms with van der Waals surface area (Å²) in [4.78, 5) is 10.3. The minimum Gasteiger partial charge on any atom is -0.482 e. The van der Waals surface area contributed by atoms with Crippen LogP contribution in [0.25, 0.3) is 0 Å². The van der Waals surface area contributed by atoms with Gasteiger partial charge in [0.1, 0.15) is 11.9 Å². The van der Waals surface area contributed by atoms with Gasteiger partial charge in [-0.2, -0.15) is 0 Å². The predicted octanol–water partition coefficient (Wildman–Crippen LogP) is 1.33. The number of aliphatic hydroxyl groups excluding tert-OH is 2. The molecule has 0 aromatic heterocycles. The molecule has 3 N–H and O–H groups in total.